The van der Waals surface area contributed by atoms with Crippen LogP contribution >= 0.6 is 0 Å². The van der Waals surface area contributed by atoms with Gasteiger partial charge in [0.1, 0.15) is 17.9 Å². The molecule has 3 aliphatic rings. The summed E-state index contributed by atoms with van der Waals surface area (Å²) in [6, 6.07) is 19.6. The third-order valence-corrected chi connectivity index (χ3v) is 7.99. The van der Waals surface area contributed by atoms with E-state index in [2.05, 4.69) is 44.8 Å². The van der Waals surface area contributed by atoms with Crippen LogP contribution in [-0.4, -0.2) is 63.8 Å². The van der Waals surface area contributed by atoms with E-state index in [0.29, 0.717) is 24.3 Å². The van der Waals surface area contributed by atoms with Crippen LogP contribution in [0.15, 0.2) is 73.1 Å². The molecule has 1 unspecified atom stereocenters. The number of aromatic nitrogens is 1. The number of pyridine rings is 1. The van der Waals surface area contributed by atoms with Crippen LogP contribution in [0.25, 0.3) is 0 Å². The maximum atomic E-state index is 13.1. The fraction of sp³-hybridized carbons (Fsp3) is 0.355. The van der Waals surface area contributed by atoms with Crippen molar-refractivity contribution in [1.29, 1.82) is 0 Å². The largest absolute Gasteiger partial charge is 0.487 e. The summed E-state index contributed by atoms with van der Waals surface area (Å²) in [6.07, 6.45) is 5.03. The second kappa shape index (κ2) is 11.6. The number of amides is 3. The van der Waals surface area contributed by atoms with Gasteiger partial charge in [0.2, 0.25) is 11.8 Å². The van der Waals surface area contributed by atoms with Crippen molar-refractivity contribution < 1.29 is 19.1 Å². The molecule has 2 fully saturated rings. The van der Waals surface area contributed by atoms with Crippen molar-refractivity contribution in [2.75, 3.05) is 13.1 Å². The van der Waals surface area contributed by atoms with E-state index in [-0.39, 0.29) is 30.4 Å². The van der Waals surface area contributed by atoms with E-state index < -0.39 is 11.9 Å². The molecule has 0 aliphatic carbocycles. The van der Waals surface area contributed by atoms with Gasteiger partial charge in [-0.3, -0.25) is 29.6 Å². The first-order valence-corrected chi connectivity index (χ1v) is 13.9. The maximum absolute atomic E-state index is 13.1. The van der Waals surface area contributed by atoms with Gasteiger partial charge in [-0.15, -0.1) is 0 Å². The molecule has 2 aromatic carbocycles. The molecule has 4 heterocycles. The summed E-state index contributed by atoms with van der Waals surface area (Å²) in [4.78, 5) is 45.2. The number of fused-ring (bicyclic) bond motifs is 1. The molecule has 6 rings (SSSR count). The highest BCUT2D eigenvalue weighted by molar-refractivity contribution is 6.05. The molecule has 40 heavy (non-hydrogen) atoms. The highest BCUT2D eigenvalue weighted by Crippen LogP contribution is 2.31. The SMILES string of the molecule is O=C1CCC(N2Cc3cc(O[C@@H]4CN(Cc5ccccc5)CC[C@H]4NCc4ccncc4)ccc3C2=O)C(=O)N1. The van der Waals surface area contributed by atoms with E-state index in [0.717, 1.165) is 38.2 Å². The molecule has 206 valence electrons. The predicted octanol–water partition coefficient (Wildman–Crippen LogP) is 2.65. The van der Waals surface area contributed by atoms with Gasteiger partial charge in [0.25, 0.3) is 5.91 Å². The van der Waals surface area contributed by atoms with E-state index in [1.165, 1.54) is 11.1 Å². The third kappa shape index (κ3) is 5.76. The van der Waals surface area contributed by atoms with Crippen LogP contribution in [0.3, 0.4) is 0 Å². The Morgan fingerprint density at radius 3 is 2.60 bits per heavy atom. The van der Waals surface area contributed by atoms with Gasteiger partial charge in [-0.1, -0.05) is 30.3 Å². The second-order valence-electron chi connectivity index (χ2n) is 10.7. The van der Waals surface area contributed by atoms with Crippen LogP contribution < -0.4 is 15.4 Å². The molecule has 3 aliphatic heterocycles. The Balaban J connectivity index is 1.17. The zero-order valence-corrected chi connectivity index (χ0v) is 22.3. The average Bonchev–Trinajstić information content (AvgIpc) is 3.29. The predicted molar refractivity (Wildman–Crippen MR) is 148 cm³/mol. The topological polar surface area (TPSA) is 104 Å². The number of likely N-dealkylation sites (tertiary alicyclic amines) is 1. The summed E-state index contributed by atoms with van der Waals surface area (Å²) in [7, 11) is 0. The van der Waals surface area contributed by atoms with Crippen molar-refractivity contribution in [3.8, 4) is 5.75 Å². The van der Waals surface area contributed by atoms with Gasteiger partial charge in [-0.25, -0.2) is 0 Å². The lowest BCUT2D eigenvalue weighted by atomic mass is 10.00. The summed E-state index contributed by atoms with van der Waals surface area (Å²) < 4.78 is 6.63. The van der Waals surface area contributed by atoms with Gasteiger partial charge in [-0.2, -0.15) is 0 Å². The molecule has 0 radical (unpaired) electrons. The van der Waals surface area contributed by atoms with Gasteiger partial charge < -0.3 is 15.0 Å². The normalized spacial score (nSPS) is 23.1. The van der Waals surface area contributed by atoms with Crippen LogP contribution in [-0.2, 0) is 29.2 Å². The Labute approximate surface area is 233 Å². The number of hydrogen-bond donors (Lipinski definition) is 2. The van der Waals surface area contributed by atoms with E-state index in [4.69, 9.17) is 4.74 Å². The number of carbonyl (C=O) groups is 3. The number of hydrogen-bond acceptors (Lipinski definition) is 7. The van der Waals surface area contributed by atoms with E-state index in [9.17, 15) is 14.4 Å². The summed E-state index contributed by atoms with van der Waals surface area (Å²) in [5.41, 5.74) is 3.86. The van der Waals surface area contributed by atoms with Gasteiger partial charge in [0, 0.05) is 63.1 Å². The number of nitrogens with zero attached hydrogens (tertiary/aromatic N) is 3. The molecule has 1 aromatic heterocycles. The smallest absolute Gasteiger partial charge is 0.255 e. The number of ether oxygens (including phenoxy) is 1. The molecule has 2 N–H and O–H groups in total. The van der Waals surface area contributed by atoms with E-state index >= 15 is 0 Å². The van der Waals surface area contributed by atoms with E-state index in [1.807, 2.05) is 30.3 Å². The summed E-state index contributed by atoms with van der Waals surface area (Å²) in [5, 5.41) is 6.05. The maximum Gasteiger partial charge on any atom is 0.255 e. The molecule has 2 saturated heterocycles. The van der Waals surface area contributed by atoms with Crippen molar-refractivity contribution in [2.24, 2.45) is 0 Å². The van der Waals surface area contributed by atoms with Gasteiger partial charge >= 0.3 is 0 Å². The quantitative estimate of drug-likeness (QED) is 0.424. The fourth-order valence-electron chi connectivity index (χ4n) is 5.87. The molecule has 3 amide bonds. The first kappa shape index (κ1) is 26.2. The first-order valence-electron chi connectivity index (χ1n) is 13.9. The molecule has 9 heteroatoms. The van der Waals surface area contributed by atoms with Crippen LogP contribution in [0, 0.1) is 0 Å². The molecular weight excluding hydrogens is 506 g/mol. The van der Waals surface area contributed by atoms with E-state index in [1.54, 1.807) is 23.4 Å². The monoisotopic (exact) mass is 539 g/mol. The minimum Gasteiger partial charge on any atom is -0.487 e. The molecule has 3 aromatic rings. The lowest BCUT2D eigenvalue weighted by Crippen LogP contribution is -2.54. The highest BCUT2D eigenvalue weighted by Gasteiger charge is 2.39. The molecule has 9 nitrogen and oxygen atoms in total. The van der Waals surface area contributed by atoms with Crippen molar-refractivity contribution in [3.63, 3.8) is 0 Å². The highest BCUT2D eigenvalue weighted by atomic mass is 16.5. The Kier molecular flexibility index (Phi) is 7.57. The number of rotatable bonds is 8. The average molecular weight is 540 g/mol. The van der Waals surface area contributed by atoms with Crippen LogP contribution in [0.1, 0.15) is 46.3 Å². The molecule has 3 atom stereocenters. The van der Waals surface area contributed by atoms with Crippen molar-refractivity contribution in [2.45, 2.75) is 57.1 Å². The fourth-order valence-corrected chi connectivity index (χ4v) is 5.87. The van der Waals surface area contributed by atoms with Gasteiger partial charge in [-0.05, 0) is 59.9 Å². The Morgan fingerprint density at radius 2 is 1.80 bits per heavy atom. The minimum atomic E-state index is -0.631. The molecular formula is C31H33N5O4. The lowest BCUT2D eigenvalue weighted by Gasteiger charge is -2.39. The summed E-state index contributed by atoms with van der Waals surface area (Å²) in [5.74, 6) is -0.168. The zero-order valence-electron chi connectivity index (χ0n) is 22.3. The number of piperidine rings is 2. The minimum absolute atomic E-state index is 0.0966. The molecule has 0 spiro atoms. The number of benzene rings is 2. The van der Waals surface area contributed by atoms with Crippen molar-refractivity contribution >= 4 is 17.7 Å². The number of carbonyl (C=O) groups excluding carboxylic acids is 3. The Bertz CT molecular complexity index is 1380. The number of imide groups is 1. The molecule has 0 bridgehead atoms. The van der Waals surface area contributed by atoms with Gasteiger partial charge in [0.15, 0.2) is 0 Å². The number of nitrogens with one attached hydrogen (secondary N) is 2. The standard InChI is InChI=1S/C31H33N5O4/c37-29-9-8-27(30(38)34-29)36-19-23-16-24(6-7-25(23)31(36)39)40-28-20-35(18-22-4-2-1-3-5-22)15-12-26(28)33-17-21-10-13-32-14-11-21/h1-7,10-11,13-14,16,26-28,33H,8-9,12,15,17-20H2,(H,34,37,38)/t26-,27?,28-/m1/s1. The second-order valence-corrected chi connectivity index (χ2v) is 10.7. The zero-order chi connectivity index (χ0) is 27.5. The van der Waals surface area contributed by atoms with Crippen LogP contribution in [0.2, 0.25) is 0 Å². The first-order chi connectivity index (χ1) is 19.5. The Morgan fingerprint density at radius 1 is 0.975 bits per heavy atom. The van der Waals surface area contributed by atoms with Crippen molar-refractivity contribution in [3.05, 3.63) is 95.3 Å². The lowest BCUT2D eigenvalue weighted by molar-refractivity contribution is -0.136. The summed E-state index contributed by atoms with van der Waals surface area (Å²) >= 11 is 0. The van der Waals surface area contributed by atoms with Gasteiger partial charge in [0.05, 0.1) is 0 Å². The Hall–Kier alpha value is -4.08. The van der Waals surface area contributed by atoms with Crippen LogP contribution in [0.4, 0.5) is 0 Å². The third-order valence-electron chi connectivity index (χ3n) is 7.99. The summed E-state index contributed by atoms with van der Waals surface area (Å²) in [6.45, 7) is 3.64. The van der Waals surface area contributed by atoms with Crippen molar-refractivity contribution in [1.82, 2.24) is 25.4 Å². The van der Waals surface area contributed by atoms with Crippen LogP contribution in [0.5, 0.6) is 5.75 Å². The molecule has 0 saturated carbocycles.